The summed E-state index contributed by atoms with van der Waals surface area (Å²) in [7, 11) is -3.96. The number of rotatable bonds is 7. The summed E-state index contributed by atoms with van der Waals surface area (Å²) in [4.78, 5) is 16.1. The molecule has 1 heterocycles. The first-order valence-electron chi connectivity index (χ1n) is 9.14. The molecule has 0 unspecified atom stereocenters. The van der Waals surface area contributed by atoms with E-state index in [9.17, 15) is 31.5 Å². The second-order valence-corrected chi connectivity index (χ2v) is 9.75. The zero-order chi connectivity index (χ0) is 23.4. The number of aromatic hydroxyl groups is 1. The summed E-state index contributed by atoms with van der Waals surface area (Å²) in [6.45, 7) is 0. The van der Waals surface area contributed by atoms with Crippen LogP contribution in [0, 0.1) is 0 Å². The van der Waals surface area contributed by atoms with E-state index in [1.54, 1.807) is 12.1 Å². The van der Waals surface area contributed by atoms with Crippen LogP contribution in [-0.4, -0.2) is 35.9 Å². The number of nitrogens with one attached hydrogen (secondary N) is 1. The van der Waals surface area contributed by atoms with Crippen molar-refractivity contribution in [3.05, 3.63) is 78.0 Å². The predicted octanol–water partition coefficient (Wildman–Crippen LogP) is 4.62. The van der Waals surface area contributed by atoms with Crippen molar-refractivity contribution in [3.63, 3.8) is 0 Å². The van der Waals surface area contributed by atoms with E-state index in [2.05, 4.69) is 10.3 Å². The van der Waals surface area contributed by atoms with Crippen molar-refractivity contribution in [2.45, 2.75) is 16.1 Å². The Kier molecular flexibility index (Phi) is 7.09. The summed E-state index contributed by atoms with van der Waals surface area (Å²) in [5.74, 6) is -0.981. The van der Waals surface area contributed by atoms with E-state index >= 15 is 0 Å². The highest BCUT2D eigenvalue weighted by molar-refractivity contribution is 8.00. The lowest BCUT2D eigenvalue weighted by Crippen LogP contribution is -2.13. The van der Waals surface area contributed by atoms with Crippen LogP contribution in [0.3, 0.4) is 0 Å². The van der Waals surface area contributed by atoms with Crippen molar-refractivity contribution in [3.8, 4) is 5.75 Å². The van der Waals surface area contributed by atoms with Crippen molar-refractivity contribution < 1.29 is 31.5 Å². The smallest absolute Gasteiger partial charge is 0.416 e. The predicted molar refractivity (Wildman–Crippen MR) is 115 cm³/mol. The van der Waals surface area contributed by atoms with Crippen molar-refractivity contribution in [1.82, 2.24) is 4.98 Å². The summed E-state index contributed by atoms with van der Waals surface area (Å²) in [5, 5.41) is 12.5. The molecule has 0 fully saturated rings. The SMILES string of the molecule is O=C(Nc1cccnc1SCCS(=O)(=O)c1cccc(C(F)(F)F)c1)c1cccc(O)c1. The Morgan fingerprint density at radius 2 is 1.81 bits per heavy atom. The molecule has 0 saturated heterocycles. The number of carbonyl (C=O) groups is 1. The number of nitrogens with zero attached hydrogens (tertiary/aromatic N) is 1. The molecule has 6 nitrogen and oxygen atoms in total. The van der Waals surface area contributed by atoms with Gasteiger partial charge in [0.1, 0.15) is 10.8 Å². The van der Waals surface area contributed by atoms with Gasteiger partial charge in [-0.25, -0.2) is 13.4 Å². The van der Waals surface area contributed by atoms with Crippen LogP contribution in [-0.2, 0) is 16.0 Å². The van der Waals surface area contributed by atoms with Crippen LogP contribution in [0.4, 0.5) is 18.9 Å². The maximum Gasteiger partial charge on any atom is 0.416 e. The number of halogens is 3. The number of phenols is 1. The highest BCUT2D eigenvalue weighted by atomic mass is 32.2. The van der Waals surface area contributed by atoms with E-state index in [1.165, 1.54) is 30.5 Å². The lowest BCUT2D eigenvalue weighted by Gasteiger charge is -2.11. The lowest BCUT2D eigenvalue weighted by atomic mass is 10.2. The van der Waals surface area contributed by atoms with Crippen LogP contribution < -0.4 is 5.32 Å². The monoisotopic (exact) mass is 482 g/mol. The largest absolute Gasteiger partial charge is 0.508 e. The third kappa shape index (κ3) is 6.01. The van der Waals surface area contributed by atoms with Gasteiger partial charge in [-0.2, -0.15) is 13.2 Å². The molecule has 1 amide bonds. The number of thioether (sulfide) groups is 1. The maximum absolute atomic E-state index is 12.9. The summed E-state index contributed by atoms with van der Waals surface area (Å²) in [6, 6.07) is 12.5. The minimum atomic E-state index is -4.64. The highest BCUT2D eigenvalue weighted by Crippen LogP contribution is 2.31. The summed E-state index contributed by atoms with van der Waals surface area (Å²) in [6.07, 6.45) is -3.18. The average Bonchev–Trinajstić information content (AvgIpc) is 2.74. The van der Waals surface area contributed by atoms with E-state index in [4.69, 9.17) is 0 Å². The number of carbonyl (C=O) groups excluding carboxylic acids is 1. The molecule has 0 radical (unpaired) electrons. The molecule has 0 aliphatic rings. The number of hydrogen-bond donors (Lipinski definition) is 2. The molecule has 168 valence electrons. The molecule has 3 aromatic rings. The fourth-order valence-corrected chi connectivity index (χ4v) is 5.32. The molecular formula is C21H17F3N2O4S2. The normalized spacial score (nSPS) is 11.8. The Balaban J connectivity index is 1.68. The fraction of sp³-hybridized carbons (Fsp3) is 0.143. The molecule has 0 bridgehead atoms. The number of aromatic nitrogens is 1. The van der Waals surface area contributed by atoms with E-state index in [-0.39, 0.29) is 17.1 Å². The highest BCUT2D eigenvalue weighted by Gasteiger charge is 2.31. The van der Waals surface area contributed by atoms with Crippen molar-refractivity contribution in [2.24, 2.45) is 0 Å². The van der Waals surface area contributed by atoms with E-state index < -0.39 is 38.1 Å². The van der Waals surface area contributed by atoms with Crippen LogP contribution in [0.2, 0.25) is 0 Å². The second kappa shape index (κ2) is 9.61. The van der Waals surface area contributed by atoms with E-state index in [0.29, 0.717) is 16.8 Å². The van der Waals surface area contributed by atoms with Gasteiger partial charge in [-0.3, -0.25) is 4.79 Å². The fourth-order valence-electron chi connectivity index (χ4n) is 2.67. The molecule has 1 aromatic heterocycles. The van der Waals surface area contributed by atoms with Crippen LogP contribution in [0.5, 0.6) is 5.75 Å². The Labute approximate surface area is 186 Å². The van der Waals surface area contributed by atoms with Crippen LogP contribution in [0.15, 0.2) is 76.8 Å². The second-order valence-electron chi connectivity index (χ2n) is 6.55. The summed E-state index contributed by atoms with van der Waals surface area (Å²) < 4.78 is 63.6. The maximum atomic E-state index is 12.9. The number of sulfone groups is 1. The Hall–Kier alpha value is -3.05. The van der Waals surface area contributed by atoms with E-state index in [0.717, 1.165) is 30.0 Å². The zero-order valence-electron chi connectivity index (χ0n) is 16.3. The van der Waals surface area contributed by atoms with Crippen LogP contribution in [0.1, 0.15) is 15.9 Å². The van der Waals surface area contributed by atoms with Gasteiger partial charge in [0.25, 0.3) is 5.91 Å². The van der Waals surface area contributed by atoms with Gasteiger partial charge in [0.2, 0.25) is 0 Å². The molecule has 0 saturated carbocycles. The molecular weight excluding hydrogens is 465 g/mol. The van der Waals surface area contributed by atoms with Gasteiger partial charge in [0, 0.05) is 17.5 Å². The molecule has 0 aliphatic heterocycles. The topological polar surface area (TPSA) is 96.4 Å². The number of pyridine rings is 1. The zero-order valence-corrected chi connectivity index (χ0v) is 18.0. The molecule has 32 heavy (non-hydrogen) atoms. The van der Waals surface area contributed by atoms with E-state index in [1.807, 2.05) is 0 Å². The molecule has 11 heteroatoms. The Morgan fingerprint density at radius 3 is 2.53 bits per heavy atom. The number of benzene rings is 2. The van der Waals surface area contributed by atoms with Crippen LogP contribution >= 0.6 is 11.8 Å². The average molecular weight is 483 g/mol. The van der Waals surface area contributed by atoms with Gasteiger partial charge in [0.15, 0.2) is 9.84 Å². The van der Waals surface area contributed by atoms with Crippen molar-refractivity contribution >= 4 is 33.2 Å². The summed E-state index contributed by atoms with van der Waals surface area (Å²) >= 11 is 1.04. The first-order valence-corrected chi connectivity index (χ1v) is 11.8. The third-order valence-electron chi connectivity index (χ3n) is 4.24. The van der Waals surface area contributed by atoms with Gasteiger partial charge in [0.05, 0.1) is 21.9 Å². The Morgan fingerprint density at radius 1 is 1.06 bits per heavy atom. The number of amides is 1. The van der Waals surface area contributed by atoms with Crippen molar-refractivity contribution in [2.75, 3.05) is 16.8 Å². The lowest BCUT2D eigenvalue weighted by molar-refractivity contribution is -0.137. The van der Waals surface area contributed by atoms with Crippen LogP contribution in [0.25, 0.3) is 0 Å². The van der Waals surface area contributed by atoms with Gasteiger partial charge >= 0.3 is 6.18 Å². The van der Waals surface area contributed by atoms with Gasteiger partial charge in [-0.1, -0.05) is 12.1 Å². The van der Waals surface area contributed by atoms with Crippen molar-refractivity contribution in [1.29, 1.82) is 0 Å². The summed E-state index contributed by atoms with van der Waals surface area (Å²) in [5.41, 5.74) is -0.480. The number of hydrogen-bond acceptors (Lipinski definition) is 6. The number of alkyl halides is 3. The third-order valence-corrected chi connectivity index (χ3v) is 7.22. The minimum absolute atomic E-state index is 0.00455. The van der Waals surface area contributed by atoms with Gasteiger partial charge < -0.3 is 10.4 Å². The standard InChI is InChI=1S/C21H17F3N2O4S2/c22-21(23,24)15-5-2-7-17(13-15)32(29,30)11-10-31-20-18(8-3-9-25-20)26-19(28)14-4-1-6-16(27)12-14/h1-9,12-13,27H,10-11H2,(H,26,28). The number of anilines is 1. The molecule has 0 atom stereocenters. The number of phenolic OH excluding ortho intramolecular Hbond substituents is 1. The first kappa shape index (κ1) is 23.6. The minimum Gasteiger partial charge on any atom is -0.508 e. The molecule has 2 N–H and O–H groups in total. The van der Waals surface area contributed by atoms with Gasteiger partial charge in [-0.15, -0.1) is 11.8 Å². The first-order chi connectivity index (χ1) is 15.1. The molecule has 0 spiro atoms. The Bertz CT molecular complexity index is 1230. The molecule has 3 rings (SSSR count). The molecule has 0 aliphatic carbocycles. The molecule has 2 aromatic carbocycles. The van der Waals surface area contributed by atoms with Gasteiger partial charge in [-0.05, 0) is 48.5 Å². The quantitative estimate of drug-likeness (QED) is 0.477.